The Bertz CT molecular complexity index is 484. The summed E-state index contributed by atoms with van der Waals surface area (Å²) in [6.45, 7) is 4.52. The molecule has 0 spiro atoms. The van der Waals surface area contributed by atoms with Gasteiger partial charge in [0.05, 0.1) is 12.6 Å². The Hall–Kier alpha value is -2.17. The van der Waals surface area contributed by atoms with Crippen molar-refractivity contribution in [3.63, 3.8) is 0 Å². The highest BCUT2D eigenvalue weighted by atomic mass is 16.5. The number of carbonyl (C=O) groups excluding carboxylic acids is 3. The van der Waals surface area contributed by atoms with Crippen LogP contribution in [0.15, 0.2) is 30.3 Å². The smallest absolute Gasteiger partial charge is 0.318 e. The van der Waals surface area contributed by atoms with Crippen LogP contribution in [0.3, 0.4) is 0 Å². The molecule has 0 saturated carbocycles. The number of ketones is 1. The maximum atomic E-state index is 12.0. The fourth-order valence-corrected chi connectivity index (χ4v) is 2.01. The maximum Gasteiger partial charge on any atom is 0.318 e. The van der Waals surface area contributed by atoms with Crippen LogP contribution in [-0.2, 0) is 19.1 Å². The SMILES string of the molecule is CCOC(=O)C(C(C)=O)C(NC(C)=O)c1ccccc1. The Balaban J connectivity index is 3.15. The normalized spacial score (nSPS) is 13.2. The van der Waals surface area contributed by atoms with Gasteiger partial charge in [0.15, 0.2) is 0 Å². The molecule has 0 bridgehead atoms. The lowest BCUT2D eigenvalue weighted by atomic mass is 9.90. The van der Waals surface area contributed by atoms with Crippen molar-refractivity contribution in [3.05, 3.63) is 35.9 Å². The standard InChI is InChI=1S/C15H19NO4/c1-4-20-15(19)13(10(2)17)14(16-11(3)18)12-8-6-5-7-9-12/h5-9,13-14H,4H2,1-3H3,(H,16,18). The maximum absolute atomic E-state index is 12.0. The molecule has 0 heterocycles. The van der Waals surface area contributed by atoms with E-state index in [9.17, 15) is 14.4 Å². The number of Topliss-reactive ketones (excluding diaryl/α,β-unsaturated/α-hetero) is 1. The van der Waals surface area contributed by atoms with Crippen LogP contribution in [0.25, 0.3) is 0 Å². The molecule has 0 aliphatic rings. The molecule has 108 valence electrons. The first-order valence-electron chi connectivity index (χ1n) is 6.46. The van der Waals surface area contributed by atoms with Gasteiger partial charge < -0.3 is 10.1 Å². The molecular weight excluding hydrogens is 258 g/mol. The molecule has 0 aromatic heterocycles. The molecule has 0 aliphatic heterocycles. The zero-order valence-electron chi connectivity index (χ0n) is 11.9. The highest BCUT2D eigenvalue weighted by Crippen LogP contribution is 2.24. The average Bonchev–Trinajstić information content (AvgIpc) is 2.38. The molecule has 1 N–H and O–H groups in total. The number of ether oxygens (including phenoxy) is 1. The first-order chi connectivity index (χ1) is 9.47. The highest BCUT2D eigenvalue weighted by molar-refractivity contribution is 5.99. The number of esters is 1. The van der Waals surface area contributed by atoms with Crippen molar-refractivity contribution >= 4 is 17.7 Å². The van der Waals surface area contributed by atoms with Crippen LogP contribution in [-0.4, -0.2) is 24.3 Å². The van der Waals surface area contributed by atoms with Crippen LogP contribution in [0.2, 0.25) is 0 Å². The quantitative estimate of drug-likeness (QED) is 0.633. The van der Waals surface area contributed by atoms with Crippen molar-refractivity contribution < 1.29 is 19.1 Å². The number of amides is 1. The molecule has 1 aromatic carbocycles. The number of hydrogen-bond acceptors (Lipinski definition) is 4. The van der Waals surface area contributed by atoms with Gasteiger partial charge in [-0.05, 0) is 19.4 Å². The highest BCUT2D eigenvalue weighted by Gasteiger charge is 2.35. The third-order valence-electron chi connectivity index (χ3n) is 2.83. The zero-order chi connectivity index (χ0) is 15.1. The predicted molar refractivity (Wildman–Crippen MR) is 73.8 cm³/mol. The summed E-state index contributed by atoms with van der Waals surface area (Å²) in [5.41, 5.74) is 0.691. The molecular formula is C15H19NO4. The molecule has 0 radical (unpaired) electrons. The average molecular weight is 277 g/mol. The summed E-state index contributed by atoms with van der Waals surface area (Å²) in [4.78, 5) is 35.2. The third kappa shape index (κ3) is 4.19. The van der Waals surface area contributed by atoms with Crippen LogP contribution in [0.1, 0.15) is 32.4 Å². The third-order valence-corrected chi connectivity index (χ3v) is 2.83. The lowest BCUT2D eigenvalue weighted by Crippen LogP contribution is -2.40. The molecule has 0 aliphatic carbocycles. The van der Waals surface area contributed by atoms with E-state index >= 15 is 0 Å². The molecule has 20 heavy (non-hydrogen) atoms. The van der Waals surface area contributed by atoms with E-state index in [-0.39, 0.29) is 18.3 Å². The van der Waals surface area contributed by atoms with Gasteiger partial charge in [-0.3, -0.25) is 14.4 Å². The fraction of sp³-hybridized carbons (Fsp3) is 0.400. The predicted octanol–water partition coefficient (Wildman–Crippen LogP) is 1.63. The van der Waals surface area contributed by atoms with Gasteiger partial charge in [-0.1, -0.05) is 30.3 Å². The molecule has 1 aromatic rings. The van der Waals surface area contributed by atoms with Gasteiger partial charge in [0.25, 0.3) is 0 Å². The summed E-state index contributed by atoms with van der Waals surface area (Å²) in [5.74, 6) is -2.32. The van der Waals surface area contributed by atoms with Gasteiger partial charge in [-0.2, -0.15) is 0 Å². The molecule has 5 nitrogen and oxygen atoms in total. The van der Waals surface area contributed by atoms with Crippen molar-refractivity contribution in [2.24, 2.45) is 5.92 Å². The van der Waals surface area contributed by atoms with E-state index in [1.807, 2.05) is 6.07 Å². The minimum Gasteiger partial charge on any atom is -0.465 e. The number of hydrogen-bond donors (Lipinski definition) is 1. The topological polar surface area (TPSA) is 72.5 Å². The minimum absolute atomic E-state index is 0.185. The van der Waals surface area contributed by atoms with E-state index in [0.717, 1.165) is 0 Å². The largest absolute Gasteiger partial charge is 0.465 e. The van der Waals surface area contributed by atoms with Gasteiger partial charge in [0.2, 0.25) is 5.91 Å². The number of carbonyl (C=O) groups is 3. The number of nitrogens with one attached hydrogen (secondary N) is 1. The van der Waals surface area contributed by atoms with Crippen LogP contribution >= 0.6 is 0 Å². The molecule has 5 heteroatoms. The molecule has 2 atom stereocenters. The van der Waals surface area contributed by atoms with Crippen molar-refractivity contribution in [2.45, 2.75) is 26.8 Å². The summed E-state index contributed by atoms with van der Waals surface area (Å²) in [6, 6.07) is 8.19. The Labute approximate surface area is 118 Å². The van der Waals surface area contributed by atoms with E-state index in [1.54, 1.807) is 31.2 Å². The van der Waals surface area contributed by atoms with Crippen molar-refractivity contribution in [2.75, 3.05) is 6.61 Å². The van der Waals surface area contributed by atoms with Crippen LogP contribution < -0.4 is 5.32 Å². The molecule has 0 saturated heterocycles. The summed E-state index contributed by atoms with van der Waals surface area (Å²) in [6.07, 6.45) is 0. The van der Waals surface area contributed by atoms with Gasteiger partial charge in [0.1, 0.15) is 11.7 Å². The first kappa shape index (κ1) is 15.9. The number of rotatable bonds is 6. The Morgan fingerprint density at radius 2 is 1.75 bits per heavy atom. The first-order valence-corrected chi connectivity index (χ1v) is 6.46. The molecule has 0 fully saturated rings. The Kier molecular flexibility index (Phi) is 5.90. The van der Waals surface area contributed by atoms with E-state index in [0.29, 0.717) is 5.56 Å². The monoisotopic (exact) mass is 277 g/mol. The summed E-state index contributed by atoms with van der Waals surface area (Å²) < 4.78 is 4.94. The molecule has 1 amide bonds. The van der Waals surface area contributed by atoms with E-state index < -0.39 is 17.9 Å². The van der Waals surface area contributed by atoms with Crippen LogP contribution in [0, 0.1) is 5.92 Å². The van der Waals surface area contributed by atoms with Crippen molar-refractivity contribution in [1.82, 2.24) is 5.32 Å². The van der Waals surface area contributed by atoms with Crippen molar-refractivity contribution in [3.8, 4) is 0 Å². The van der Waals surface area contributed by atoms with E-state index in [2.05, 4.69) is 5.32 Å². The zero-order valence-corrected chi connectivity index (χ0v) is 11.9. The summed E-state index contributed by atoms with van der Waals surface area (Å²) in [5, 5.41) is 2.66. The lowest BCUT2D eigenvalue weighted by Gasteiger charge is -2.24. The van der Waals surface area contributed by atoms with Crippen LogP contribution in [0.5, 0.6) is 0 Å². The minimum atomic E-state index is -1.04. The molecule has 2 unspecified atom stereocenters. The Morgan fingerprint density at radius 3 is 2.20 bits per heavy atom. The number of benzene rings is 1. The second kappa shape index (κ2) is 7.43. The Morgan fingerprint density at radius 1 is 1.15 bits per heavy atom. The second-order valence-electron chi connectivity index (χ2n) is 4.43. The van der Waals surface area contributed by atoms with Crippen LogP contribution in [0.4, 0.5) is 0 Å². The van der Waals surface area contributed by atoms with E-state index in [4.69, 9.17) is 4.74 Å². The molecule has 1 rings (SSSR count). The van der Waals surface area contributed by atoms with Gasteiger partial charge >= 0.3 is 5.97 Å². The lowest BCUT2D eigenvalue weighted by molar-refractivity contribution is -0.152. The second-order valence-corrected chi connectivity index (χ2v) is 4.43. The van der Waals surface area contributed by atoms with Gasteiger partial charge in [0, 0.05) is 6.92 Å². The van der Waals surface area contributed by atoms with Crippen molar-refractivity contribution in [1.29, 1.82) is 0 Å². The van der Waals surface area contributed by atoms with Gasteiger partial charge in [-0.15, -0.1) is 0 Å². The van der Waals surface area contributed by atoms with Gasteiger partial charge in [-0.25, -0.2) is 0 Å². The fourth-order valence-electron chi connectivity index (χ4n) is 2.01. The summed E-state index contributed by atoms with van der Waals surface area (Å²) in [7, 11) is 0. The van der Waals surface area contributed by atoms with E-state index in [1.165, 1.54) is 13.8 Å². The summed E-state index contributed by atoms with van der Waals surface area (Å²) >= 11 is 0.